The van der Waals surface area contributed by atoms with Gasteiger partial charge in [0.25, 0.3) is 0 Å². The number of carbonyl (C=O) groups excluding carboxylic acids is 1. The van der Waals surface area contributed by atoms with Gasteiger partial charge < -0.3 is 9.64 Å². The van der Waals surface area contributed by atoms with E-state index in [4.69, 9.17) is 4.74 Å². The minimum Gasteiger partial charge on any atom is -0.374 e. The third-order valence-electron chi connectivity index (χ3n) is 3.91. The molecule has 2 aliphatic rings. The van der Waals surface area contributed by atoms with Gasteiger partial charge >= 0.3 is 0 Å². The van der Waals surface area contributed by atoms with Crippen LogP contribution >= 0.6 is 15.9 Å². The fraction of sp³-hybridized carbons (Fsp3) is 0.500. The van der Waals surface area contributed by atoms with E-state index >= 15 is 0 Å². The number of morpholine rings is 1. The summed E-state index contributed by atoms with van der Waals surface area (Å²) in [5, 5.41) is 0. The summed E-state index contributed by atoms with van der Waals surface area (Å²) in [6, 6.07) is 6.37. The molecule has 2 atom stereocenters. The fourth-order valence-corrected chi connectivity index (χ4v) is 3.48. The first kappa shape index (κ1) is 12.2. The Kier molecular flexibility index (Phi) is 3.39. The molecule has 0 amide bonds. The van der Waals surface area contributed by atoms with Crippen molar-refractivity contribution in [3.8, 4) is 0 Å². The van der Waals surface area contributed by atoms with E-state index in [-0.39, 0.29) is 0 Å². The van der Waals surface area contributed by atoms with Gasteiger partial charge in [-0.05, 0) is 37.5 Å². The lowest BCUT2D eigenvalue weighted by atomic mass is 10.1. The van der Waals surface area contributed by atoms with Crippen LogP contribution in [0.1, 0.15) is 29.6 Å². The average Bonchev–Trinajstić information content (AvgIpc) is 2.86. The monoisotopic (exact) mass is 309 g/mol. The highest BCUT2D eigenvalue weighted by Crippen LogP contribution is 2.35. The zero-order valence-electron chi connectivity index (χ0n) is 10.1. The first-order valence-electron chi connectivity index (χ1n) is 6.42. The Balaban J connectivity index is 1.95. The van der Waals surface area contributed by atoms with Crippen LogP contribution in [-0.2, 0) is 4.74 Å². The molecule has 1 saturated carbocycles. The highest BCUT2D eigenvalue weighted by atomic mass is 79.9. The number of ether oxygens (including phenoxy) is 1. The summed E-state index contributed by atoms with van der Waals surface area (Å²) < 4.78 is 6.76. The Hall–Kier alpha value is -0.870. The van der Waals surface area contributed by atoms with E-state index in [0.717, 1.165) is 41.6 Å². The van der Waals surface area contributed by atoms with Crippen molar-refractivity contribution in [2.45, 2.75) is 31.4 Å². The molecule has 2 unspecified atom stereocenters. The predicted molar refractivity (Wildman–Crippen MR) is 74.3 cm³/mol. The fourth-order valence-electron chi connectivity index (χ4n) is 3.11. The molecule has 0 aromatic heterocycles. The van der Waals surface area contributed by atoms with Crippen LogP contribution < -0.4 is 4.90 Å². The lowest BCUT2D eigenvalue weighted by molar-refractivity contribution is 0.0256. The number of hydrogen-bond acceptors (Lipinski definition) is 3. The lowest BCUT2D eigenvalue weighted by Gasteiger charge is -2.39. The van der Waals surface area contributed by atoms with Crippen LogP contribution in [0.15, 0.2) is 22.7 Å². The molecule has 96 valence electrons. The number of halogens is 1. The molecule has 2 fully saturated rings. The number of fused-ring (bicyclic) bond motifs is 1. The Morgan fingerprint density at radius 2 is 2.28 bits per heavy atom. The van der Waals surface area contributed by atoms with Crippen LogP contribution in [0.4, 0.5) is 5.69 Å². The zero-order valence-corrected chi connectivity index (χ0v) is 11.7. The van der Waals surface area contributed by atoms with Gasteiger partial charge in [0, 0.05) is 22.3 Å². The van der Waals surface area contributed by atoms with E-state index in [0.29, 0.717) is 12.1 Å². The summed E-state index contributed by atoms with van der Waals surface area (Å²) in [4.78, 5) is 13.6. The Labute approximate surface area is 115 Å². The molecule has 0 spiro atoms. The topological polar surface area (TPSA) is 29.5 Å². The van der Waals surface area contributed by atoms with Gasteiger partial charge in [0.1, 0.15) is 0 Å². The van der Waals surface area contributed by atoms with Crippen molar-refractivity contribution in [1.82, 2.24) is 0 Å². The molecule has 4 heteroatoms. The van der Waals surface area contributed by atoms with Crippen LogP contribution in [-0.4, -0.2) is 31.6 Å². The van der Waals surface area contributed by atoms with Crippen LogP contribution in [0.3, 0.4) is 0 Å². The van der Waals surface area contributed by atoms with Gasteiger partial charge in [-0.25, -0.2) is 0 Å². The van der Waals surface area contributed by atoms with E-state index < -0.39 is 0 Å². The van der Waals surface area contributed by atoms with Crippen LogP contribution in [0.5, 0.6) is 0 Å². The molecule has 18 heavy (non-hydrogen) atoms. The Morgan fingerprint density at radius 1 is 1.39 bits per heavy atom. The third-order valence-corrected chi connectivity index (χ3v) is 4.40. The molecule has 0 radical (unpaired) electrons. The van der Waals surface area contributed by atoms with Gasteiger partial charge in [-0.2, -0.15) is 0 Å². The molecule has 1 heterocycles. The van der Waals surface area contributed by atoms with Crippen LogP contribution in [0.2, 0.25) is 0 Å². The molecule has 1 saturated heterocycles. The number of benzene rings is 1. The maximum Gasteiger partial charge on any atom is 0.152 e. The quantitative estimate of drug-likeness (QED) is 0.787. The van der Waals surface area contributed by atoms with Crippen LogP contribution in [0, 0.1) is 0 Å². The molecule has 1 aliphatic carbocycles. The second-order valence-corrected chi connectivity index (χ2v) is 5.84. The van der Waals surface area contributed by atoms with Gasteiger partial charge in [-0.3, -0.25) is 4.79 Å². The number of rotatable bonds is 2. The van der Waals surface area contributed by atoms with Gasteiger partial charge in [0.15, 0.2) is 6.29 Å². The molecule has 3 rings (SSSR count). The largest absolute Gasteiger partial charge is 0.374 e. The number of hydrogen-bond donors (Lipinski definition) is 0. The summed E-state index contributed by atoms with van der Waals surface area (Å²) in [5.74, 6) is 0. The maximum absolute atomic E-state index is 11.2. The van der Waals surface area contributed by atoms with E-state index in [2.05, 4.69) is 20.8 Å². The molecule has 0 bridgehead atoms. The van der Waals surface area contributed by atoms with Crippen molar-refractivity contribution in [3.63, 3.8) is 0 Å². The van der Waals surface area contributed by atoms with Crippen LogP contribution in [0.25, 0.3) is 0 Å². The van der Waals surface area contributed by atoms with Crippen molar-refractivity contribution in [2.24, 2.45) is 0 Å². The number of carbonyl (C=O) groups is 1. The Bertz CT molecular complexity index is 463. The number of aldehydes is 1. The summed E-state index contributed by atoms with van der Waals surface area (Å²) in [7, 11) is 0. The normalized spacial score (nSPS) is 27.1. The molecule has 0 N–H and O–H groups in total. The first-order chi connectivity index (χ1) is 8.79. The third kappa shape index (κ3) is 2.08. The van der Waals surface area contributed by atoms with Crippen molar-refractivity contribution >= 4 is 27.9 Å². The van der Waals surface area contributed by atoms with Crippen molar-refractivity contribution < 1.29 is 9.53 Å². The van der Waals surface area contributed by atoms with Crippen molar-refractivity contribution in [1.29, 1.82) is 0 Å². The second kappa shape index (κ2) is 5.02. The molecule has 1 aromatic rings. The van der Waals surface area contributed by atoms with E-state index in [1.807, 2.05) is 18.2 Å². The minimum absolute atomic E-state index is 0.349. The smallest absolute Gasteiger partial charge is 0.152 e. The van der Waals surface area contributed by atoms with E-state index in [1.165, 1.54) is 12.8 Å². The standard InChI is InChI=1S/C14H16BrNO2/c15-11-4-5-12(10(8-11)9-17)16-6-7-18-14-3-1-2-13(14)16/h4-5,8-9,13-14H,1-3,6-7H2. The van der Waals surface area contributed by atoms with Gasteiger partial charge in [-0.15, -0.1) is 0 Å². The summed E-state index contributed by atoms with van der Waals surface area (Å²) in [6.45, 7) is 1.64. The van der Waals surface area contributed by atoms with E-state index in [1.54, 1.807) is 0 Å². The van der Waals surface area contributed by atoms with Crippen molar-refractivity contribution in [3.05, 3.63) is 28.2 Å². The number of nitrogens with zero attached hydrogens (tertiary/aromatic N) is 1. The summed E-state index contributed by atoms with van der Waals surface area (Å²) in [6.07, 6.45) is 4.83. The lowest BCUT2D eigenvalue weighted by Crippen LogP contribution is -2.49. The molecule has 1 aliphatic heterocycles. The average molecular weight is 310 g/mol. The molecular weight excluding hydrogens is 294 g/mol. The Morgan fingerprint density at radius 3 is 3.11 bits per heavy atom. The zero-order chi connectivity index (χ0) is 12.5. The summed E-state index contributed by atoms with van der Waals surface area (Å²) in [5.41, 5.74) is 1.81. The first-order valence-corrected chi connectivity index (χ1v) is 7.22. The highest BCUT2D eigenvalue weighted by molar-refractivity contribution is 9.10. The van der Waals surface area contributed by atoms with E-state index in [9.17, 15) is 4.79 Å². The number of anilines is 1. The highest BCUT2D eigenvalue weighted by Gasteiger charge is 2.36. The van der Waals surface area contributed by atoms with Gasteiger partial charge in [-0.1, -0.05) is 15.9 Å². The predicted octanol–water partition coefficient (Wildman–Crippen LogP) is 3.02. The molecular formula is C14H16BrNO2. The second-order valence-electron chi connectivity index (χ2n) is 4.92. The van der Waals surface area contributed by atoms with Crippen molar-refractivity contribution in [2.75, 3.05) is 18.1 Å². The maximum atomic E-state index is 11.2. The minimum atomic E-state index is 0.349. The summed E-state index contributed by atoms with van der Waals surface area (Å²) >= 11 is 3.42. The molecule has 1 aromatic carbocycles. The van der Waals surface area contributed by atoms with Gasteiger partial charge in [0.05, 0.1) is 18.8 Å². The molecule has 3 nitrogen and oxygen atoms in total. The van der Waals surface area contributed by atoms with Gasteiger partial charge in [0.2, 0.25) is 0 Å². The SMILES string of the molecule is O=Cc1cc(Br)ccc1N1CCOC2CCCC21.